The second-order valence-corrected chi connectivity index (χ2v) is 4.50. The molecule has 0 bridgehead atoms. The molecule has 1 aliphatic carbocycles. The number of rotatable bonds is 4. The number of aliphatic carboxylic acids is 1. The first-order valence-corrected chi connectivity index (χ1v) is 6.35. The van der Waals surface area contributed by atoms with Crippen LogP contribution in [0.5, 0.6) is 5.75 Å². The van der Waals surface area contributed by atoms with Crippen LogP contribution in [0.1, 0.15) is 31.7 Å². The lowest BCUT2D eigenvalue weighted by atomic mass is 9.86. The first-order valence-electron chi connectivity index (χ1n) is 6.35. The molecule has 2 rings (SSSR count). The Kier molecular flexibility index (Phi) is 4.03. The number of hydrogen-bond acceptors (Lipinski definition) is 2. The minimum absolute atomic E-state index is 0.219. The lowest BCUT2D eigenvalue weighted by Gasteiger charge is -2.19. The fourth-order valence-electron chi connectivity index (χ4n) is 2.27. The maximum absolute atomic E-state index is 10.9. The summed E-state index contributed by atoms with van der Waals surface area (Å²) in [5.41, 5.74) is 2.37. The van der Waals surface area contributed by atoms with E-state index in [9.17, 15) is 4.79 Å². The molecule has 0 amide bonds. The van der Waals surface area contributed by atoms with Gasteiger partial charge >= 0.3 is 5.97 Å². The van der Waals surface area contributed by atoms with Crippen LogP contribution in [0, 0.1) is 5.92 Å². The number of ether oxygens (including phenoxy) is 1. The standard InChI is InChI=1S/C15H18O3/c1-2-18-14-5-3-4-13(10-14)11-6-8-12(9-7-11)15(16)17/h3-6,10,12H,2,7-9H2,1H3,(H,16,17). The maximum atomic E-state index is 10.9. The molecule has 18 heavy (non-hydrogen) atoms. The molecule has 1 aliphatic rings. The number of carboxylic acid groups (broad SMARTS) is 1. The van der Waals surface area contributed by atoms with Gasteiger partial charge in [-0.05, 0) is 49.5 Å². The van der Waals surface area contributed by atoms with Crippen molar-refractivity contribution >= 4 is 11.5 Å². The van der Waals surface area contributed by atoms with Gasteiger partial charge in [-0.1, -0.05) is 18.2 Å². The van der Waals surface area contributed by atoms with E-state index < -0.39 is 5.97 Å². The zero-order valence-corrected chi connectivity index (χ0v) is 10.6. The lowest BCUT2D eigenvalue weighted by molar-refractivity contribution is -0.141. The van der Waals surface area contributed by atoms with Gasteiger partial charge in [-0.25, -0.2) is 0 Å². The van der Waals surface area contributed by atoms with Crippen LogP contribution in [0.2, 0.25) is 0 Å². The highest BCUT2D eigenvalue weighted by molar-refractivity contribution is 5.74. The Bertz CT molecular complexity index is 463. The summed E-state index contributed by atoms with van der Waals surface area (Å²) in [6.45, 7) is 2.62. The van der Waals surface area contributed by atoms with Gasteiger partial charge in [-0.3, -0.25) is 4.79 Å². The fraction of sp³-hybridized carbons (Fsp3) is 0.400. The van der Waals surface area contributed by atoms with Crippen LogP contribution >= 0.6 is 0 Å². The van der Waals surface area contributed by atoms with Crippen molar-refractivity contribution in [3.8, 4) is 5.75 Å². The minimum Gasteiger partial charge on any atom is -0.494 e. The number of carbonyl (C=O) groups is 1. The molecular formula is C15H18O3. The third kappa shape index (κ3) is 2.92. The van der Waals surface area contributed by atoms with E-state index in [1.54, 1.807) is 0 Å². The molecule has 3 nitrogen and oxygen atoms in total. The molecule has 0 heterocycles. The summed E-state index contributed by atoms with van der Waals surface area (Å²) in [4.78, 5) is 10.9. The van der Waals surface area contributed by atoms with Gasteiger partial charge < -0.3 is 9.84 Å². The molecule has 0 saturated heterocycles. The van der Waals surface area contributed by atoms with Crippen LogP contribution in [0.25, 0.3) is 5.57 Å². The van der Waals surface area contributed by atoms with Crippen molar-refractivity contribution in [3.63, 3.8) is 0 Å². The van der Waals surface area contributed by atoms with Crippen molar-refractivity contribution < 1.29 is 14.6 Å². The molecule has 3 heteroatoms. The Labute approximate surface area is 107 Å². The van der Waals surface area contributed by atoms with Gasteiger partial charge in [0, 0.05) is 0 Å². The summed E-state index contributed by atoms with van der Waals surface area (Å²) in [6, 6.07) is 7.99. The zero-order valence-electron chi connectivity index (χ0n) is 10.6. The average molecular weight is 246 g/mol. The highest BCUT2D eigenvalue weighted by Crippen LogP contribution is 2.31. The third-order valence-corrected chi connectivity index (χ3v) is 3.28. The van der Waals surface area contributed by atoms with E-state index in [-0.39, 0.29) is 5.92 Å². The van der Waals surface area contributed by atoms with Crippen LogP contribution in [-0.4, -0.2) is 17.7 Å². The van der Waals surface area contributed by atoms with E-state index >= 15 is 0 Å². The van der Waals surface area contributed by atoms with Crippen LogP contribution in [0.4, 0.5) is 0 Å². The largest absolute Gasteiger partial charge is 0.494 e. The second-order valence-electron chi connectivity index (χ2n) is 4.50. The van der Waals surface area contributed by atoms with Crippen molar-refractivity contribution in [2.75, 3.05) is 6.61 Å². The average Bonchev–Trinajstić information content (AvgIpc) is 2.39. The molecule has 1 atom stereocenters. The summed E-state index contributed by atoms with van der Waals surface area (Å²) in [5, 5.41) is 8.96. The van der Waals surface area contributed by atoms with Crippen LogP contribution < -0.4 is 4.74 Å². The summed E-state index contributed by atoms with van der Waals surface area (Å²) in [7, 11) is 0. The fourth-order valence-corrected chi connectivity index (χ4v) is 2.27. The SMILES string of the molecule is CCOc1cccc(C2=CCC(C(=O)O)CC2)c1. The van der Waals surface area contributed by atoms with E-state index in [0.717, 1.165) is 24.2 Å². The van der Waals surface area contributed by atoms with Crippen molar-refractivity contribution in [1.82, 2.24) is 0 Å². The minimum atomic E-state index is -0.687. The van der Waals surface area contributed by atoms with Gasteiger partial charge in [-0.2, -0.15) is 0 Å². The van der Waals surface area contributed by atoms with Gasteiger partial charge in [0.05, 0.1) is 12.5 Å². The second kappa shape index (κ2) is 5.71. The Morgan fingerprint density at radius 1 is 1.50 bits per heavy atom. The molecule has 0 radical (unpaired) electrons. The van der Waals surface area contributed by atoms with Gasteiger partial charge in [0.2, 0.25) is 0 Å². The first kappa shape index (κ1) is 12.7. The summed E-state index contributed by atoms with van der Waals surface area (Å²) in [6.07, 6.45) is 4.23. The summed E-state index contributed by atoms with van der Waals surface area (Å²) in [5.74, 6) is -0.0338. The molecule has 1 aromatic carbocycles. The summed E-state index contributed by atoms with van der Waals surface area (Å²) >= 11 is 0. The highest BCUT2D eigenvalue weighted by atomic mass is 16.5. The van der Waals surface area contributed by atoms with Crippen molar-refractivity contribution in [3.05, 3.63) is 35.9 Å². The third-order valence-electron chi connectivity index (χ3n) is 3.28. The predicted octanol–water partition coefficient (Wildman–Crippen LogP) is 3.35. The molecule has 96 valence electrons. The van der Waals surface area contributed by atoms with Gasteiger partial charge in [0.25, 0.3) is 0 Å². The topological polar surface area (TPSA) is 46.5 Å². The number of hydrogen-bond donors (Lipinski definition) is 1. The van der Waals surface area contributed by atoms with Gasteiger partial charge in [-0.15, -0.1) is 0 Å². The molecule has 0 fully saturated rings. The Balaban J connectivity index is 2.13. The molecule has 1 N–H and O–H groups in total. The lowest BCUT2D eigenvalue weighted by Crippen LogP contribution is -2.15. The molecule has 0 aliphatic heterocycles. The van der Waals surface area contributed by atoms with E-state index in [0.29, 0.717) is 13.0 Å². The Morgan fingerprint density at radius 2 is 2.33 bits per heavy atom. The normalized spacial score (nSPS) is 19.2. The van der Waals surface area contributed by atoms with Crippen LogP contribution in [-0.2, 0) is 4.79 Å². The first-order chi connectivity index (χ1) is 8.70. The Hall–Kier alpha value is -1.77. The zero-order chi connectivity index (χ0) is 13.0. The molecule has 0 saturated carbocycles. The van der Waals surface area contributed by atoms with E-state index in [2.05, 4.69) is 6.07 Å². The number of carboxylic acids is 1. The maximum Gasteiger partial charge on any atom is 0.306 e. The van der Waals surface area contributed by atoms with Crippen molar-refractivity contribution in [2.45, 2.75) is 26.2 Å². The van der Waals surface area contributed by atoms with Gasteiger partial charge in [0.1, 0.15) is 5.75 Å². The molecular weight excluding hydrogens is 228 g/mol. The number of benzene rings is 1. The van der Waals surface area contributed by atoms with E-state index in [1.165, 1.54) is 5.57 Å². The molecule has 0 spiro atoms. The smallest absolute Gasteiger partial charge is 0.306 e. The highest BCUT2D eigenvalue weighted by Gasteiger charge is 2.21. The van der Waals surface area contributed by atoms with Crippen LogP contribution in [0.15, 0.2) is 30.3 Å². The van der Waals surface area contributed by atoms with Crippen molar-refractivity contribution in [2.24, 2.45) is 5.92 Å². The Morgan fingerprint density at radius 3 is 2.94 bits per heavy atom. The van der Waals surface area contributed by atoms with Gasteiger partial charge in [0.15, 0.2) is 0 Å². The molecule has 1 unspecified atom stereocenters. The van der Waals surface area contributed by atoms with Crippen molar-refractivity contribution in [1.29, 1.82) is 0 Å². The molecule has 0 aromatic heterocycles. The summed E-state index contributed by atoms with van der Waals surface area (Å²) < 4.78 is 5.48. The monoisotopic (exact) mass is 246 g/mol. The predicted molar refractivity (Wildman–Crippen MR) is 70.6 cm³/mol. The quantitative estimate of drug-likeness (QED) is 0.886. The van der Waals surface area contributed by atoms with E-state index in [1.807, 2.05) is 31.2 Å². The van der Waals surface area contributed by atoms with Crippen LogP contribution in [0.3, 0.4) is 0 Å². The number of allylic oxidation sites excluding steroid dienone is 2. The van der Waals surface area contributed by atoms with E-state index in [4.69, 9.17) is 9.84 Å². The molecule has 1 aromatic rings.